The van der Waals surface area contributed by atoms with E-state index in [1.165, 1.54) is 17.0 Å². The van der Waals surface area contributed by atoms with Gasteiger partial charge in [0.25, 0.3) is 5.91 Å². The second-order valence-electron chi connectivity index (χ2n) is 4.16. The Balaban J connectivity index is 2.32. The van der Waals surface area contributed by atoms with Gasteiger partial charge in [-0.15, -0.1) is 0 Å². The van der Waals surface area contributed by atoms with Crippen LogP contribution >= 0.6 is 11.6 Å². The van der Waals surface area contributed by atoms with Crippen LogP contribution in [-0.2, 0) is 0 Å². The average molecular weight is 289 g/mol. The maximum absolute atomic E-state index is 13.1. The monoisotopic (exact) mass is 288 g/mol. The summed E-state index contributed by atoms with van der Waals surface area (Å²) in [5, 5.41) is 8.75. The highest BCUT2D eigenvalue weighted by Crippen LogP contribution is 2.20. The van der Waals surface area contributed by atoms with Crippen LogP contribution in [0, 0.1) is 17.1 Å². The summed E-state index contributed by atoms with van der Waals surface area (Å²) >= 11 is 5.67. The number of benzene rings is 2. The number of nitriles is 1. The Morgan fingerprint density at radius 1 is 1.30 bits per heavy atom. The summed E-state index contributed by atoms with van der Waals surface area (Å²) in [7, 11) is 1.58. The molecule has 0 saturated heterocycles. The number of anilines is 1. The van der Waals surface area contributed by atoms with Crippen molar-refractivity contribution in [3.05, 3.63) is 64.4 Å². The first kappa shape index (κ1) is 14.0. The van der Waals surface area contributed by atoms with Crippen LogP contribution in [0.25, 0.3) is 0 Å². The first-order valence-corrected chi connectivity index (χ1v) is 6.14. The fourth-order valence-electron chi connectivity index (χ4n) is 1.72. The second-order valence-corrected chi connectivity index (χ2v) is 4.56. The van der Waals surface area contributed by atoms with E-state index in [0.717, 1.165) is 6.07 Å². The Hall–Kier alpha value is -2.38. The number of halogens is 2. The predicted octanol–water partition coefficient (Wildman–Crippen LogP) is 3.63. The Morgan fingerprint density at radius 3 is 2.70 bits per heavy atom. The maximum Gasteiger partial charge on any atom is 0.258 e. The fraction of sp³-hybridized carbons (Fsp3) is 0.0667. The summed E-state index contributed by atoms with van der Waals surface area (Å²) in [6, 6.07) is 12.5. The topological polar surface area (TPSA) is 44.1 Å². The van der Waals surface area contributed by atoms with E-state index >= 15 is 0 Å². The van der Waals surface area contributed by atoms with Gasteiger partial charge in [0.1, 0.15) is 5.82 Å². The Kier molecular flexibility index (Phi) is 4.02. The molecule has 0 unspecified atom stereocenters. The highest BCUT2D eigenvalue weighted by Gasteiger charge is 2.15. The molecule has 2 aromatic rings. The van der Waals surface area contributed by atoms with Gasteiger partial charge in [0.05, 0.1) is 16.7 Å². The van der Waals surface area contributed by atoms with Crippen molar-refractivity contribution < 1.29 is 9.18 Å². The van der Waals surface area contributed by atoms with Gasteiger partial charge in [0, 0.05) is 18.3 Å². The Bertz CT molecular complexity index is 709. The summed E-state index contributed by atoms with van der Waals surface area (Å²) in [6.07, 6.45) is 0. The van der Waals surface area contributed by atoms with Gasteiger partial charge >= 0.3 is 0 Å². The van der Waals surface area contributed by atoms with Crippen molar-refractivity contribution in [2.24, 2.45) is 0 Å². The van der Waals surface area contributed by atoms with E-state index in [4.69, 9.17) is 16.9 Å². The highest BCUT2D eigenvalue weighted by molar-refractivity contribution is 6.31. The largest absolute Gasteiger partial charge is 0.311 e. The van der Waals surface area contributed by atoms with Crippen molar-refractivity contribution >= 4 is 23.2 Å². The average Bonchev–Trinajstić information content (AvgIpc) is 2.48. The van der Waals surface area contributed by atoms with Gasteiger partial charge < -0.3 is 4.90 Å². The van der Waals surface area contributed by atoms with Gasteiger partial charge in [0.15, 0.2) is 0 Å². The molecule has 0 radical (unpaired) electrons. The van der Waals surface area contributed by atoms with Crippen molar-refractivity contribution in [1.82, 2.24) is 0 Å². The minimum atomic E-state index is -0.572. The van der Waals surface area contributed by atoms with Crippen LogP contribution in [0.15, 0.2) is 42.5 Å². The van der Waals surface area contributed by atoms with E-state index in [-0.39, 0.29) is 16.5 Å². The molecular formula is C15H10ClFN2O. The third kappa shape index (κ3) is 2.79. The standard InChI is InChI=1S/C15H10ClFN2O/c1-19(12-4-2-3-10(7-12)9-18)15(20)11-5-6-14(17)13(16)8-11/h2-8H,1H3. The molecule has 0 spiro atoms. The lowest BCUT2D eigenvalue weighted by atomic mass is 10.1. The molecule has 3 nitrogen and oxygen atoms in total. The fourth-order valence-corrected chi connectivity index (χ4v) is 1.90. The molecule has 0 aliphatic carbocycles. The molecular weight excluding hydrogens is 279 g/mol. The second kappa shape index (κ2) is 5.72. The van der Waals surface area contributed by atoms with Crippen LogP contribution in [-0.4, -0.2) is 13.0 Å². The molecule has 5 heteroatoms. The molecule has 0 aliphatic rings. The molecule has 0 atom stereocenters. The molecule has 0 aromatic heterocycles. The summed E-state index contributed by atoms with van der Waals surface area (Å²) in [6.45, 7) is 0. The lowest BCUT2D eigenvalue weighted by Gasteiger charge is -2.17. The molecule has 2 aromatic carbocycles. The zero-order valence-corrected chi connectivity index (χ0v) is 11.4. The smallest absolute Gasteiger partial charge is 0.258 e. The number of amides is 1. The number of nitrogens with zero attached hydrogens (tertiary/aromatic N) is 2. The van der Waals surface area contributed by atoms with E-state index < -0.39 is 5.82 Å². The lowest BCUT2D eigenvalue weighted by Crippen LogP contribution is -2.26. The highest BCUT2D eigenvalue weighted by atomic mass is 35.5. The summed E-state index contributed by atoms with van der Waals surface area (Å²) in [5.74, 6) is -0.903. The molecule has 1 amide bonds. The van der Waals surface area contributed by atoms with Crippen molar-refractivity contribution in [2.45, 2.75) is 0 Å². The van der Waals surface area contributed by atoms with Crippen LogP contribution < -0.4 is 4.90 Å². The molecule has 0 bridgehead atoms. The molecule has 100 valence electrons. The van der Waals surface area contributed by atoms with Gasteiger partial charge in [-0.05, 0) is 36.4 Å². The van der Waals surface area contributed by atoms with Crippen molar-refractivity contribution in [3.8, 4) is 6.07 Å². The molecule has 0 N–H and O–H groups in total. The number of hydrogen-bond donors (Lipinski definition) is 0. The molecule has 2 rings (SSSR count). The minimum absolute atomic E-state index is 0.102. The summed E-state index contributed by atoms with van der Waals surface area (Å²) < 4.78 is 13.1. The number of carbonyl (C=O) groups is 1. The van der Waals surface area contributed by atoms with Gasteiger partial charge in [-0.25, -0.2) is 4.39 Å². The van der Waals surface area contributed by atoms with Crippen LogP contribution in [0.1, 0.15) is 15.9 Å². The third-order valence-electron chi connectivity index (χ3n) is 2.83. The van der Waals surface area contributed by atoms with Gasteiger partial charge in [-0.3, -0.25) is 4.79 Å². The van der Waals surface area contributed by atoms with Crippen LogP contribution in [0.2, 0.25) is 5.02 Å². The first-order valence-electron chi connectivity index (χ1n) is 5.76. The van der Waals surface area contributed by atoms with Crippen LogP contribution in [0.5, 0.6) is 0 Å². The Morgan fingerprint density at radius 2 is 2.05 bits per heavy atom. The normalized spacial score (nSPS) is 9.90. The van der Waals surface area contributed by atoms with Crippen molar-refractivity contribution in [3.63, 3.8) is 0 Å². The van der Waals surface area contributed by atoms with Crippen molar-refractivity contribution in [2.75, 3.05) is 11.9 Å². The molecule has 20 heavy (non-hydrogen) atoms. The lowest BCUT2D eigenvalue weighted by molar-refractivity contribution is 0.0993. The number of hydrogen-bond acceptors (Lipinski definition) is 2. The van der Waals surface area contributed by atoms with Gasteiger partial charge in [-0.2, -0.15) is 5.26 Å². The maximum atomic E-state index is 13.1. The van der Waals surface area contributed by atoms with E-state index in [2.05, 4.69) is 0 Å². The summed E-state index contributed by atoms with van der Waals surface area (Å²) in [4.78, 5) is 13.6. The third-order valence-corrected chi connectivity index (χ3v) is 3.12. The number of carbonyl (C=O) groups excluding carboxylic acids is 1. The van der Waals surface area contributed by atoms with E-state index in [1.807, 2.05) is 6.07 Å². The molecule has 0 fully saturated rings. The van der Waals surface area contributed by atoms with E-state index in [1.54, 1.807) is 31.3 Å². The molecule has 0 saturated carbocycles. The zero-order chi connectivity index (χ0) is 14.7. The zero-order valence-electron chi connectivity index (χ0n) is 10.6. The number of rotatable bonds is 2. The predicted molar refractivity (Wildman–Crippen MR) is 75.3 cm³/mol. The van der Waals surface area contributed by atoms with Gasteiger partial charge in [-0.1, -0.05) is 17.7 Å². The Labute approximate surface area is 120 Å². The quantitative estimate of drug-likeness (QED) is 0.847. The van der Waals surface area contributed by atoms with E-state index in [0.29, 0.717) is 11.3 Å². The van der Waals surface area contributed by atoms with Crippen LogP contribution in [0.4, 0.5) is 10.1 Å². The van der Waals surface area contributed by atoms with E-state index in [9.17, 15) is 9.18 Å². The minimum Gasteiger partial charge on any atom is -0.311 e. The summed E-state index contributed by atoms with van der Waals surface area (Å²) in [5.41, 5.74) is 1.31. The first-order chi connectivity index (χ1) is 9.52. The van der Waals surface area contributed by atoms with Gasteiger partial charge in [0.2, 0.25) is 0 Å². The molecule has 0 aliphatic heterocycles. The van der Waals surface area contributed by atoms with Crippen LogP contribution in [0.3, 0.4) is 0 Å². The molecule has 0 heterocycles. The SMILES string of the molecule is CN(C(=O)c1ccc(F)c(Cl)c1)c1cccc(C#N)c1. The van der Waals surface area contributed by atoms with Crippen molar-refractivity contribution in [1.29, 1.82) is 5.26 Å².